The third-order valence-electron chi connectivity index (χ3n) is 4.78. The minimum absolute atomic E-state index is 0.454. The number of aryl methyl sites for hydroxylation is 1. The highest BCUT2D eigenvalue weighted by Gasteiger charge is 2.40. The van der Waals surface area contributed by atoms with E-state index in [0.29, 0.717) is 0 Å². The van der Waals surface area contributed by atoms with Crippen molar-refractivity contribution in [3.8, 4) is 0 Å². The number of rotatable bonds is 7. The van der Waals surface area contributed by atoms with E-state index < -0.39 is 11.4 Å². The van der Waals surface area contributed by atoms with Crippen molar-refractivity contribution in [1.29, 1.82) is 0 Å². The molecule has 0 atom stereocenters. The summed E-state index contributed by atoms with van der Waals surface area (Å²) in [4.78, 5) is 14.0. The van der Waals surface area contributed by atoms with Gasteiger partial charge in [0.15, 0.2) is 0 Å². The maximum atomic E-state index is 11.6. The molecule has 0 aromatic heterocycles. The van der Waals surface area contributed by atoms with Crippen LogP contribution in [-0.4, -0.2) is 35.6 Å². The first kappa shape index (κ1) is 16.0. The van der Waals surface area contributed by atoms with Crippen LogP contribution in [0.3, 0.4) is 0 Å². The predicted molar refractivity (Wildman–Crippen MR) is 85.4 cm³/mol. The van der Waals surface area contributed by atoms with E-state index in [1.54, 1.807) is 0 Å². The Morgan fingerprint density at radius 3 is 2.48 bits per heavy atom. The summed E-state index contributed by atoms with van der Waals surface area (Å²) in [5.41, 5.74) is 0.936. The Bertz CT molecular complexity index is 436. The van der Waals surface area contributed by atoms with Gasteiger partial charge in [0, 0.05) is 0 Å². The molecule has 1 N–H and O–H groups in total. The second-order valence-corrected chi connectivity index (χ2v) is 6.27. The smallest absolute Gasteiger partial charge is 0.309 e. The summed E-state index contributed by atoms with van der Waals surface area (Å²) in [6.07, 6.45) is 5.65. The Labute approximate surface area is 128 Å². The second-order valence-electron chi connectivity index (χ2n) is 6.27. The van der Waals surface area contributed by atoms with Gasteiger partial charge in [0.05, 0.1) is 5.41 Å². The van der Waals surface area contributed by atoms with Crippen LogP contribution >= 0.6 is 0 Å². The quantitative estimate of drug-likeness (QED) is 0.834. The fourth-order valence-electron chi connectivity index (χ4n) is 3.41. The molecule has 3 nitrogen and oxygen atoms in total. The van der Waals surface area contributed by atoms with Crippen molar-refractivity contribution in [3.05, 3.63) is 35.9 Å². The first-order valence-electron chi connectivity index (χ1n) is 8.16. The molecule has 1 aromatic rings. The Hall–Kier alpha value is -1.35. The molecule has 1 saturated heterocycles. The first-order valence-corrected chi connectivity index (χ1v) is 8.16. The van der Waals surface area contributed by atoms with E-state index in [9.17, 15) is 9.90 Å². The van der Waals surface area contributed by atoms with Gasteiger partial charge in [0.25, 0.3) is 0 Å². The lowest BCUT2D eigenvalue weighted by Crippen LogP contribution is -2.44. The summed E-state index contributed by atoms with van der Waals surface area (Å²) in [5.74, 6) is -0.590. The number of carbonyl (C=O) groups is 1. The van der Waals surface area contributed by atoms with Gasteiger partial charge in [0.2, 0.25) is 0 Å². The molecule has 1 fully saturated rings. The average molecular weight is 289 g/mol. The molecule has 1 aromatic carbocycles. The third-order valence-corrected chi connectivity index (χ3v) is 4.78. The van der Waals surface area contributed by atoms with Gasteiger partial charge >= 0.3 is 5.97 Å². The van der Waals surface area contributed by atoms with Gasteiger partial charge in [-0.2, -0.15) is 0 Å². The first-order chi connectivity index (χ1) is 10.2. The third kappa shape index (κ3) is 4.31. The van der Waals surface area contributed by atoms with Crippen LogP contribution in [-0.2, 0) is 11.2 Å². The number of likely N-dealkylation sites (tertiary alicyclic amines) is 1. The van der Waals surface area contributed by atoms with E-state index in [2.05, 4.69) is 36.1 Å². The summed E-state index contributed by atoms with van der Waals surface area (Å²) in [5, 5.41) is 9.51. The van der Waals surface area contributed by atoms with Gasteiger partial charge in [-0.25, -0.2) is 0 Å². The highest BCUT2D eigenvalue weighted by molar-refractivity contribution is 5.74. The van der Waals surface area contributed by atoms with Crippen LogP contribution in [0.4, 0.5) is 0 Å². The second kappa shape index (κ2) is 7.60. The maximum absolute atomic E-state index is 11.6. The molecule has 0 unspecified atom stereocenters. The number of hydrogen-bond acceptors (Lipinski definition) is 2. The molecule has 2 rings (SSSR count). The standard InChI is InChI=1S/C18H27NO2/c1-2-10-18(17(20)21)11-14-19(15-12-18)13-6-9-16-7-4-3-5-8-16/h3-5,7-8H,2,6,9-15H2,1H3,(H,20,21). The molecule has 1 aliphatic heterocycles. The lowest BCUT2D eigenvalue weighted by atomic mass is 9.75. The molecular weight excluding hydrogens is 262 g/mol. The van der Waals surface area contributed by atoms with Gasteiger partial charge in [-0.05, 0) is 57.3 Å². The van der Waals surface area contributed by atoms with E-state index in [4.69, 9.17) is 0 Å². The van der Waals surface area contributed by atoms with Gasteiger partial charge < -0.3 is 10.0 Å². The number of piperidine rings is 1. The minimum atomic E-state index is -0.590. The molecule has 116 valence electrons. The molecular formula is C18H27NO2. The van der Waals surface area contributed by atoms with Gasteiger partial charge in [-0.3, -0.25) is 4.79 Å². The fraction of sp³-hybridized carbons (Fsp3) is 0.611. The highest BCUT2D eigenvalue weighted by atomic mass is 16.4. The Kier molecular flexibility index (Phi) is 5.80. The van der Waals surface area contributed by atoms with E-state index in [1.165, 1.54) is 5.56 Å². The SMILES string of the molecule is CCCC1(C(=O)O)CCN(CCCc2ccccc2)CC1. The van der Waals surface area contributed by atoms with Crippen LogP contribution in [0.25, 0.3) is 0 Å². The van der Waals surface area contributed by atoms with Crippen molar-refractivity contribution in [2.45, 2.75) is 45.4 Å². The number of carboxylic acid groups (broad SMARTS) is 1. The van der Waals surface area contributed by atoms with Crippen LogP contribution in [0, 0.1) is 5.41 Å². The summed E-state index contributed by atoms with van der Waals surface area (Å²) in [6, 6.07) is 10.6. The summed E-state index contributed by atoms with van der Waals surface area (Å²) in [7, 11) is 0. The molecule has 3 heteroatoms. The Morgan fingerprint density at radius 2 is 1.90 bits per heavy atom. The zero-order valence-electron chi connectivity index (χ0n) is 13.1. The molecule has 1 aliphatic rings. The molecule has 21 heavy (non-hydrogen) atoms. The van der Waals surface area contributed by atoms with E-state index in [0.717, 1.165) is 58.2 Å². The number of aliphatic carboxylic acids is 1. The van der Waals surface area contributed by atoms with Crippen molar-refractivity contribution in [2.24, 2.45) is 5.41 Å². The van der Waals surface area contributed by atoms with Crippen LogP contribution in [0.5, 0.6) is 0 Å². The summed E-state index contributed by atoms with van der Waals surface area (Å²) < 4.78 is 0. The topological polar surface area (TPSA) is 40.5 Å². The van der Waals surface area contributed by atoms with Crippen molar-refractivity contribution in [3.63, 3.8) is 0 Å². The molecule has 0 spiro atoms. The molecule has 0 bridgehead atoms. The largest absolute Gasteiger partial charge is 0.481 e. The fourth-order valence-corrected chi connectivity index (χ4v) is 3.41. The van der Waals surface area contributed by atoms with Crippen molar-refractivity contribution >= 4 is 5.97 Å². The number of carboxylic acids is 1. The molecule has 0 radical (unpaired) electrons. The van der Waals surface area contributed by atoms with Crippen molar-refractivity contribution in [2.75, 3.05) is 19.6 Å². The number of hydrogen-bond donors (Lipinski definition) is 1. The lowest BCUT2D eigenvalue weighted by Gasteiger charge is -2.38. The van der Waals surface area contributed by atoms with Gasteiger partial charge in [-0.1, -0.05) is 43.7 Å². The number of benzene rings is 1. The van der Waals surface area contributed by atoms with E-state index in [1.807, 2.05) is 6.07 Å². The number of nitrogens with zero attached hydrogens (tertiary/aromatic N) is 1. The van der Waals surface area contributed by atoms with E-state index >= 15 is 0 Å². The molecule has 0 saturated carbocycles. The highest BCUT2D eigenvalue weighted by Crippen LogP contribution is 2.36. The molecule has 1 heterocycles. The van der Waals surface area contributed by atoms with Crippen molar-refractivity contribution in [1.82, 2.24) is 4.90 Å². The Balaban J connectivity index is 1.75. The summed E-state index contributed by atoms with van der Waals surface area (Å²) >= 11 is 0. The minimum Gasteiger partial charge on any atom is -0.481 e. The summed E-state index contributed by atoms with van der Waals surface area (Å²) in [6.45, 7) is 5.02. The maximum Gasteiger partial charge on any atom is 0.309 e. The van der Waals surface area contributed by atoms with Crippen LogP contribution < -0.4 is 0 Å². The van der Waals surface area contributed by atoms with Crippen LogP contribution in [0.15, 0.2) is 30.3 Å². The van der Waals surface area contributed by atoms with Crippen LogP contribution in [0.1, 0.15) is 44.6 Å². The van der Waals surface area contributed by atoms with Crippen molar-refractivity contribution < 1.29 is 9.90 Å². The van der Waals surface area contributed by atoms with Crippen LogP contribution in [0.2, 0.25) is 0 Å². The van der Waals surface area contributed by atoms with Gasteiger partial charge in [0.1, 0.15) is 0 Å². The van der Waals surface area contributed by atoms with Gasteiger partial charge in [-0.15, -0.1) is 0 Å². The Morgan fingerprint density at radius 1 is 1.24 bits per heavy atom. The molecule has 0 amide bonds. The normalized spacial score (nSPS) is 18.5. The lowest BCUT2D eigenvalue weighted by molar-refractivity contribution is -0.152. The molecule has 0 aliphatic carbocycles. The zero-order valence-corrected chi connectivity index (χ0v) is 13.1. The zero-order chi connectivity index (χ0) is 15.1. The monoisotopic (exact) mass is 289 g/mol. The average Bonchev–Trinajstić information content (AvgIpc) is 2.50. The predicted octanol–water partition coefficient (Wildman–Crippen LogP) is 3.59. The van der Waals surface area contributed by atoms with E-state index in [-0.39, 0.29) is 0 Å².